The molecule has 112 valence electrons. The molecule has 0 aliphatic carbocycles. The largest absolute Gasteiger partial charge is 0.369 e. The summed E-state index contributed by atoms with van der Waals surface area (Å²) in [5, 5.41) is 6.44. The summed E-state index contributed by atoms with van der Waals surface area (Å²) in [6.45, 7) is 5.30. The van der Waals surface area contributed by atoms with E-state index in [1.54, 1.807) is 11.3 Å². The number of aromatic nitrogens is 1. The highest BCUT2D eigenvalue weighted by Crippen LogP contribution is 2.26. The minimum atomic E-state index is 0.836. The van der Waals surface area contributed by atoms with Crippen LogP contribution in [0.1, 0.15) is 5.01 Å². The molecule has 1 fully saturated rings. The summed E-state index contributed by atoms with van der Waals surface area (Å²) in [7, 11) is 4.14. The van der Waals surface area contributed by atoms with E-state index in [2.05, 4.69) is 51.8 Å². The molecule has 3 rings (SSSR count). The van der Waals surface area contributed by atoms with E-state index in [1.807, 2.05) is 7.05 Å². The maximum atomic E-state index is 4.70. The molecule has 5 heteroatoms. The monoisotopic (exact) mass is 302 g/mol. The van der Waals surface area contributed by atoms with Crippen LogP contribution in [0.25, 0.3) is 11.3 Å². The number of anilines is 1. The van der Waals surface area contributed by atoms with Gasteiger partial charge < -0.3 is 15.1 Å². The molecule has 1 aromatic carbocycles. The van der Waals surface area contributed by atoms with Gasteiger partial charge in [-0.25, -0.2) is 4.98 Å². The molecule has 0 saturated carbocycles. The number of hydrogen-bond donors (Lipinski definition) is 1. The van der Waals surface area contributed by atoms with Crippen LogP contribution in [0.5, 0.6) is 0 Å². The third-order valence-corrected chi connectivity index (χ3v) is 4.74. The molecule has 1 aliphatic heterocycles. The molecule has 21 heavy (non-hydrogen) atoms. The summed E-state index contributed by atoms with van der Waals surface area (Å²) >= 11 is 1.72. The van der Waals surface area contributed by atoms with Crippen molar-refractivity contribution in [1.82, 2.24) is 15.2 Å². The van der Waals surface area contributed by atoms with Crippen LogP contribution in [0.2, 0.25) is 0 Å². The SMILES string of the molecule is CNCc1nc(-c2cccc(N3CCN(C)CC3)c2)cs1. The van der Waals surface area contributed by atoms with Crippen LogP contribution in [0.3, 0.4) is 0 Å². The molecule has 1 saturated heterocycles. The van der Waals surface area contributed by atoms with Gasteiger partial charge in [0, 0.05) is 49.4 Å². The Balaban J connectivity index is 1.79. The molecular weight excluding hydrogens is 280 g/mol. The Morgan fingerprint density at radius 1 is 1.24 bits per heavy atom. The summed E-state index contributed by atoms with van der Waals surface area (Å²) < 4.78 is 0. The van der Waals surface area contributed by atoms with Crippen molar-refractivity contribution in [3.63, 3.8) is 0 Å². The van der Waals surface area contributed by atoms with Crippen LogP contribution in [0, 0.1) is 0 Å². The van der Waals surface area contributed by atoms with Crippen molar-refractivity contribution in [3.8, 4) is 11.3 Å². The smallest absolute Gasteiger partial charge is 0.107 e. The van der Waals surface area contributed by atoms with Gasteiger partial charge in [0.2, 0.25) is 0 Å². The third-order valence-electron chi connectivity index (χ3n) is 3.89. The van der Waals surface area contributed by atoms with Gasteiger partial charge in [-0.2, -0.15) is 0 Å². The molecule has 1 N–H and O–H groups in total. The summed E-state index contributed by atoms with van der Waals surface area (Å²) in [5.74, 6) is 0. The van der Waals surface area contributed by atoms with Gasteiger partial charge in [0.15, 0.2) is 0 Å². The van der Waals surface area contributed by atoms with Crippen LogP contribution in [0.4, 0.5) is 5.69 Å². The van der Waals surface area contributed by atoms with Crippen molar-refractivity contribution >= 4 is 17.0 Å². The lowest BCUT2D eigenvalue weighted by molar-refractivity contribution is 0.313. The first-order valence-corrected chi connectivity index (χ1v) is 8.27. The van der Waals surface area contributed by atoms with Crippen LogP contribution < -0.4 is 10.2 Å². The van der Waals surface area contributed by atoms with Gasteiger partial charge >= 0.3 is 0 Å². The fourth-order valence-electron chi connectivity index (χ4n) is 2.60. The maximum absolute atomic E-state index is 4.70. The molecule has 4 nitrogen and oxygen atoms in total. The Hall–Kier alpha value is -1.43. The van der Waals surface area contributed by atoms with Crippen molar-refractivity contribution in [2.75, 3.05) is 45.2 Å². The standard InChI is InChI=1S/C16H22N4S/c1-17-11-16-18-15(12-21-16)13-4-3-5-14(10-13)20-8-6-19(2)7-9-20/h3-5,10,12,17H,6-9,11H2,1-2H3. The Morgan fingerprint density at radius 2 is 2.05 bits per heavy atom. The first kappa shape index (κ1) is 14.5. The highest BCUT2D eigenvalue weighted by Gasteiger charge is 2.15. The minimum absolute atomic E-state index is 0.836. The van der Waals surface area contributed by atoms with Gasteiger partial charge in [-0.1, -0.05) is 12.1 Å². The van der Waals surface area contributed by atoms with Gasteiger partial charge in [0.25, 0.3) is 0 Å². The highest BCUT2D eigenvalue weighted by molar-refractivity contribution is 7.09. The van der Waals surface area contributed by atoms with Crippen molar-refractivity contribution in [1.29, 1.82) is 0 Å². The van der Waals surface area contributed by atoms with Gasteiger partial charge in [-0.15, -0.1) is 11.3 Å². The van der Waals surface area contributed by atoms with Gasteiger partial charge in [0.05, 0.1) is 5.69 Å². The number of likely N-dealkylation sites (N-methyl/N-ethyl adjacent to an activating group) is 1. The molecule has 0 spiro atoms. The Morgan fingerprint density at radius 3 is 2.81 bits per heavy atom. The number of nitrogens with zero attached hydrogens (tertiary/aromatic N) is 3. The Labute approximate surface area is 130 Å². The Kier molecular flexibility index (Phi) is 4.53. The predicted molar refractivity (Wildman–Crippen MR) is 90.0 cm³/mol. The number of benzene rings is 1. The molecular formula is C16H22N4S. The van der Waals surface area contributed by atoms with Crippen LogP contribution in [-0.2, 0) is 6.54 Å². The van der Waals surface area contributed by atoms with Gasteiger partial charge in [-0.3, -0.25) is 0 Å². The van der Waals surface area contributed by atoms with E-state index in [9.17, 15) is 0 Å². The van der Waals surface area contributed by atoms with Crippen molar-refractivity contribution in [2.24, 2.45) is 0 Å². The highest BCUT2D eigenvalue weighted by atomic mass is 32.1. The van der Waals surface area contributed by atoms with E-state index < -0.39 is 0 Å². The number of thiazole rings is 1. The zero-order chi connectivity index (χ0) is 14.7. The quantitative estimate of drug-likeness (QED) is 0.939. The first-order valence-electron chi connectivity index (χ1n) is 7.39. The normalized spacial score (nSPS) is 16.4. The summed E-state index contributed by atoms with van der Waals surface area (Å²) in [5.41, 5.74) is 3.61. The molecule has 2 aromatic rings. The number of piperazine rings is 1. The van der Waals surface area contributed by atoms with E-state index in [0.29, 0.717) is 0 Å². The van der Waals surface area contributed by atoms with Crippen molar-refractivity contribution < 1.29 is 0 Å². The lowest BCUT2D eigenvalue weighted by Crippen LogP contribution is -2.44. The topological polar surface area (TPSA) is 31.4 Å². The van der Waals surface area contributed by atoms with E-state index in [1.165, 1.54) is 11.3 Å². The second kappa shape index (κ2) is 6.56. The lowest BCUT2D eigenvalue weighted by Gasteiger charge is -2.34. The zero-order valence-electron chi connectivity index (χ0n) is 12.7. The minimum Gasteiger partial charge on any atom is -0.369 e. The fourth-order valence-corrected chi connectivity index (χ4v) is 3.42. The molecule has 0 bridgehead atoms. The van der Waals surface area contributed by atoms with Gasteiger partial charge in [-0.05, 0) is 26.2 Å². The van der Waals surface area contributed by atoms with Crippen LogP contribution in [0.15, 0.2) is 29.6 Å². The molecule has 2 heterocycles. The number of rotatable bonds is 4. The summed E-state index contributed by atoms with van der Waals surface area (Å²) in [4.78, 5) is 9.54. The van der Waals surface area contributed by atoms with E-state index in [4.69, 9.17) is 4.98 Å². The third kappa shape index (κ3) is 3.43. The molecule has 0 atom stereocenters. The van der Waals surface area contributed by atoms with Crippen LogP contribution in [-0.4, -0.2) is 50.2 Å². The molecule has 0 unspecified atom stereocenters. The summed E-state index contributed by atoms with van der Waals surface area (Å²) in [6.07, 6.45) is 0. The average molecular weight is 302 g/mol. The molecule has 0 amide bonds. The zero-order valence-corrected chi connectivity index (χ0v) is 13.5. The average Bonchev–Trinajstić information content (AvgIpc) is 2.97. The Bertz CT molecular complexity index is 587. The molecule has 0 radical (unpaired) electrons. The molecule has 1 aromatic heterocycles. The fraction of sp³-hybridized carbons (Fsp3) is 0.438. The van der Waals surface area contributed by atoms with Crippen molar-refractivity contribution in [2.45, 2.75) is 6.54 Å². The van der Waals surface area contributed by atoms with Crippen LogP contribution >= 0.6 is 11.3 Å². The van der Waals surface area contributed by atoms with Gasteiger partial charge in [0.1, 0.15) is 5.01 Å². The number of nitrogens with one attached hydrogen (secondary N) is 1. The van der Waals surface area contributed by atoms with E-state index >= 15 is 0 Å². The lowest BCUT2D eigenvalue weighted by atomic mass is 10.1. The van der Waals surface area contributed by atoms with E-state index in [0.717, 1.165) is 43.4 Å². The van der Waals surface area contributed by atoms with Crippen molar-refractivity contribution in [3.05, 3.63) is 34.7 Å². The summed E-state index contributed by atoms with van der Waals surface area (Å²) in [6, 6.07) is 8.76. The van der Waals surface area contributed by atoms with E-state index in [-0.39, 0.29) is 0 Å². The second-order valence-corrected chi connectivity index (χ2v) is 6.44. The number of hydrogen-bond acceptors (Lipinski definition) is 5. The second-order valence-electron chi connectivity index (χ2n) is 5.50. The first-order chi connectivity index (χ1) is 10.3. The predicted octanol–water partition coefficient (Wildman–Crippen LogP) is 2.28. The maximum Gasteiger partial charge on any atom is 0.107 e. The molecule has 1 aliphatic rings.